The zero-order valence-electron chi connectivity index (χ0n) is 11.4. The second-order valence-electron chi connectivity index (χ2n) is 4.75. The highest BCUT2D eigenvalue weighted by Gasteiger charge is 2.19. The average molecular weight is 323 g/mol. The predicted octanol–water partition coefficient (Wildman–Crippen LogP) is 4.54. The molecule has 0 heterocycles. The Morgan fingerprint density at radius 1 is 0.905 bits per heavy atom. The van der Waals surface area contributed by atoms with Crippen molar-refractivity contribution in [1.82, 2.24) is 0 Å². The summed E-state index contributed by atoms with van der Waals surface area (Å²) in [6.07, 6.45) is 0. The zero-order valence-corrected chi connectivity index (χ0v) is 12.9. The maximum atomic E-state index is 12.5. The van der Waals surface area contributed by atoms with Crippen LogP contribution in [0.5, 0.6) is 0 Å². The van der Waals surface area contributed by atoms with E-state index in [4.69, 9.17) is 23.2 Å². The first-order valence-corrected chi connectivity index (χ1v) is 6.91. The van der Waals surface area contributed by atoms with Crippen LogP contribution < -0.4 is 0 Å². The van der Waals surface area contributed by atoms with Crippen LogP contribution in [-0.2, 0) is 0 Å². The number of aryl methyl sites for hydroxylation is 2. The van der Waals surface area contributed by atoms with Crippen molar-refractivity contribution in [3.63, 3.8) is 0 Å². The van der Waals surface area contributed by atoms with Crippen molar-refractivity contribution in [2.24, 2.45) is 0 Å². The lowest BCUT2D eigenvalue weighted by Gasteiger charge is -2.10. The van der Waals surface area contributed by atoms with E-state index in [0.29, 0.717) is 10.6 Å². The fourth-order valence-corrected chi connectivity index (χ4v) is 2.27. The molecule has 0 atom stereocenters. The highest BCUT2D eigenvalue weighted by molar-refractivity contribution is 6.42. The lowest BCUT2D eigenvalue weighted by Crippen LogP contribution is -2.11. The van der Waals surface area contributed by atoms with E-state index < -0.39 is 11.8 Å². The molecule has 0 spiro atoms. The van der Waals surface area contributed by atoms with Crippen LogP contribution in [0.3, 0.4) is 0 Å². The molecule has 0 aliphatic carbocycles. The van der Waals surface area contributed by atoms with Gasteiger partial charge in [-0.1, -0.05) is 23.2 Å². The third-order valence-electron chi connectivity index (χ3n) is 3.29. The number of carbonyl (C=O) groups excluding carboxylic acids is 1. The van der Waals surface area contributed by atoms with Gasteiger partial charge in [0.25, 0.3) is 0 Å². The normalized spacial score (nSPS) is 10.5. The van der Waals surface area contributed by atoms with Gasteiger partial charge in [-0.05, 0) is 55.3 Å². The van der Waals surface area contributed by atoms with Crippen molar-refractivity contribution < 1.29 is 14.7 Å². The molecule has 0 saturated carbocycles. The minimum atomic E-state index is -1.14. The summed E-state index contributed by atoms with van der Waals surface area (Å²) in [7, 11) is 0. The molecule has 0 fully saturated rings. The molecule has 3 nitrogen and oxygen atoms in total. The molecule has 108 valence electrons. The second-order valence-corrected chi connectivity index (χ2v) is 5.56. The van der Waals surface area contributed by atoms with E-state index in [-0.39, 0.29) is 16.1 Å². The molecule has 0 aliphatic heterocycles. The van der Waals surface area contributed by atoms with Crippen LogP contribution >= 0.6 is 23.2 Å². The molecule has 5 heteroatoms. The number of carboxylic acid groups (broad SMARTS) is 1. The molecule has 2 rings (SSSR count). The molecule has 2 aromatic rings. The Hall–Kier alpha value is -1.84. The summed E-state index contributed by atoms with van der Waals surface area (Å²) in [6, 6.07) is 7.56. The van der Waals surface area contributed by atoms with Gasteiger partial charge in [0.1, 0.15) is 0 Å². The number of carboxylic acids is 1. The highest BCUT2D eigenvalue weighted by Crippen LogP contribution is 2.25. The summed E-state index contributed by atoms with van der Waals surface area (Å²) in [4.78, 5) is 23.9. The maximum absolute atomic E-state index is 12.5. The van der Waals surface area contributed by atoms with E-state index in [9.17, 15) is 14.7 Å². The van der Waals surface area contributed by atoms with E-state index in [2.05, 4.69) is 0 Å². The number of rotatable bonds is 3. The first-order valence-electron chi connectivity index (χ1n) is 6.15. The number of aromatic carboxylic acids is 1. The SMILES string of the molecule is Cc1cc(C(=O)O)c(C(=O)c2ccc(Cl)c(Cl)c2)cc1C. The van der Waals surface area contributed by atoms with E-state index in [1.165, 1.54) is 24.3 Å². The van der Waals surface area contributed by atoms with Crippen molar-refractivity contribution in [3.8, 4) is 0 Å². The van der Waals surface area contributed by atoms with Crippen molar-refractivity contribution in [1.29, 1.82) is 0 Å². The van der Waals surface area contributed by atoms with Gasteiger partial charge in [0.05, 0.1) is 15.6 Å². The zero-order chi connectivity index (χ0) is 15.7. The third-order valence-corrected chi connectivity index (χ3v) is 4.03. The molecular formula is C16H12Cl2O3. The summed E-state index contributed by atoms with van der Waals surface area (Å²) in [5.41, 5.74) is 2.09. The van der Waals surface area contributed by atoms with Gasteiger partial charge in [-0.25, -0.2) is 4.79 Å². The van der Waals surface area contributed by atoms with Gasteiger partial charge in [0, 0.05) is 11.1 Å². The van der Waals surface area contributed by atoms with Crippen LogP contribution in [0.4, 0.5) is 0 Å². The second kappa shape index (κ2) is 5.88. The standard InChI is InChI=1S/C16H12Cl2O3/c1-8-5-11(12(16(20)21)6-9(8)2)15(19)10-3-4-13(17)14(18)7-10/h3-7H,1-2H3,(H,20,21). The Morgan fingerprint density at radius 3 is 2.00 bits per heavy atom. The summed E-state index contributed by atoms with van der Waals surface area (Å²) in [5, 5.41) is 9.87. The number of carbonyl (C=O) groups is 2. The molecule has 0 saturated heterocycles. The highest BCUT2D eigenvalue weighted by atomic mass is 35.5. The van der Waals surface area contributed by atoms with Gasteiger partial charge in [-0.15, -0.1) is 0 Å². The van der Waals surface area contributed by atoms with Crippen LogP contribution in [0, 0.1) is 13.8 Å². The van der Waals surface area contributed by atoms with Crippen LogP contribution in [-0.4, -0.2) is 16.9 Å². The van der Waals surface area contributed by atoms with Crippen molar-refractivity contribution in [3.05, 3.63) is 68.2 Å². The fourth-order valence-electron chi connectivity index (χ4n) is 1.97. The minimum absolute atomic E-state index is 0.0193. The van der Waals surface area contributed by atoms with Gasteiger partial charge in [-0.2, -0.15) is 0 Å². The number of halogens is 2. The first kappa shape index (κ1) is 15.5. The van der Waals surface area contributed by atoms with E-state index in [0.717, 1.165) is 11.1 Å². The molecule has 21 heavy (non-hydrogen) atoms. The molecule has 0 aliphatic rings. The van der Waals surface area contributed by atoms with Gasteiger partial charge >= 0.3 is 5.97 Å². The van der Waals surface area contributed by atoms with Crippen molar-refractivity contribution in [2.75, 3.05) is 0 Å². The maximum Gasteiger partial charge on any atom is 0.336 e. The molecular weight excluding hydrogens is 311 g/mol. The van der Waals surface area contributed by atoms with Gasteiger partial charge in [0.2, 0.25) is 0 Å². The Balaban J connectivity index is 2.59. The van der Waals surface area contributed by atoms with Gasteiger partial charge in [0.15, 0.2) is 5.78 Å². The Kier molecular flexibility index (Phi) is 4.35. The lowest BCUT2D eigenvalue weighted by atomic mass is 9.94. The molecule has 0 aromatic heterocycles. The Labute approximate surface area is 132 Å². The summed E-state index contributed by atoms with van der Waals surface area (Å²) >= 11 is 11.7. The Morgan fingerprint density at radius 2 is 1.48 bits per heavy atom. The van der Waals surface area contributed by atoms with E-state index in [1.807, 2.05) is 6.92 Å². The first-order chi connectivity index (χ1) is 9.81. The van der Waals surface area contributed by atoms with Gasteiger partial charge < -0.3 is 5.11 Å². The largest absolute Gasteiger partial charge is 0.478 e. The molecule has 2 aromatic carbocycles. The van der Waals surface area contributed by atoms with Crippen LogP contribution in [0.25, 0.3) is 0 Å². The van der Waals surface area contributed by atoms with E-state index >= 15 is 0 Å². The lowest BCUT2D eigenvalue weighted by molar-refractivity contribution is 0.0692. The third kappa shape index (κ3) is 3.09. The predicted molar refractivity (Wildman–Crippen MR) is 82.8 cm³/mol. The monoisotopic (exact) mass is 322 g/mol. The minimum Gasteiger partial charge on any atom is -0.478 e. The smallest absolute Gasteiger partial charge is 0.336 e. The molecule has 0 radical (unpaired) electrons. The van der Waals surface area contributed by atoms with Crippen LogP contribution in [0.1, 0.15) is 37.4 Å². The average Bonchev–Trinajstić information content (AvgIpc) is 2.43. The van der Waals surface area contributed by atoms with Crippen molar-refractivity contribution >= 4 is 35.0 Å². The topological polar surface area (TPSA) is 54.4 Å². The number of hydrogen-bond donors (Lipinski definition) is 1. The molecule has 0 unspecified atom stereocenters. The van der Waals surface area contributed by atoms with Crippen LogP contribution in [0.2, 0.25) is 10.0 Å². The summed E-state index contributed by atoms with van der Waals surface area (Å²) < 4.78 is 0. The Bertz CT molecular complexity index is 751. The quantitative estimate of drug-likeness (QED) is 0.844. The summed E-state index contributed by atoms with van der Waals surface area (Å²) in [5.74, 6) is -1.53. The van der Waals surface area contributed by atoms with Gasteiger partial charge in [-0.3, -0.25) is 4.79 Å². The van der Waals surface area contributed by atoms with Crippen molar-refractivity contribution in [2.45, 2.75) is 13.8 Å². The van der Waals surface area contributed by atoms with Crippen LogP contribution in [0.15, 0.2) is 30.3 Å². The number of benzene rings is 2. The fraction of sp³-hybridized carbons (Fsp3) is 0.125. The number of ketones is 1. The number of hydrogen-bond acceptors (Lipinski definition) is 2. The summed E-state index contributed by atoms with van der Waals surface area (Å²) in [6.45, 7) is 3.63. The molecule has 1 N–H and O–H groups in total. The molecule has 0 amide bonds. The van der Waals surface area contributed by atoms with E-state index in [1.54, 1.807) is 13.0 Å². The molecule has 0 bridgehead atoms.